The van der Waals surface area contributed by atoms with Crippen molar-refractivity contribution < 1.29 is 14.3 Å². The first-order valence-corrected chi connectivity index (χ1v) is 9.71. The van der Waals surface area contributed by atoms with E-state index in [1.165, 1.54) is 0 Å². The highest BCUT2D eigenvalue weighted by Gasteiger charge is 2.23. The van der Waals surface area contributed by atoms with Crippen LogP contribution in [0, 0.1) is 5.92 Å². The van der Waals surface area contributed by atoms with E-state index in [9.17, 15) is 9.59 Å². The summed E-state index contributed by atoms with van der Waals surface area (Å²) in [5.41, 5.74) is 0.937. The summed E-state index contributed by atoms with van der Waals surface area (Å²) in [5, 5.41) is 1.04. The highest BCUT2D eigenvalue weighted by atomic mass is 16.6. The maximum atomic E-state index is 12.4. The van der Waals surface area contributed by atoms with Gasteiger partial charge in [0.05, 0.1) is 19.2 Å². The summed E-state index contributed by atoms with van der Waals surface area (Å²) in [6.45, 7) is 4.46. The molecule has 0 saturated carbocycles. The number of methoxy groups -OCH3 is 1. The van der Waals surface area contributed by atoms with Crippen LogP contribution in [0.15, 0.2) is 35.1 Å². The molecule has 6 nitrogen and oxygen atoms in total. The lowest BCUT2D eigenvalue weighted by Gasteiger charge is -2.31. The number of hydrogen-bond donors (Lipinski definition) is 0. The second-order valence-electron chi connectivity index (χ2n) is 7.02. The van der Waals surface area contributed by atoms with E-state index in [0.29, 0.717) is 19.1 Å². The number of fused-ring (bicyclic) bond motifs is 1. The molecule has 1 aromatic heterocycles. The maximum Gasteiger partial charge on any atom is 0.409 e. The van der Waals surface area contributed by atoms with Crippen molar-refractivity contribution in [2.24, 2.45) is 5.92 Å². The number of benzene rings is 1. The normalized spacial score (nSPS) is 15.1. The van der Waals surface area contributed by atoms with Crippen LogP contribution in [-0.2, 0) is 11.3 Å². The highest BCUT2D eigenvalue weighted by Crippen LogP contribution is 2.24. The van der Waals surface area contributed by atoms with Gasteiger partial charge in [0.1, 0.15) is 5.75 Å². The largest absolute Gasteiger partial charge is 0.497 e. The quantitative estimate of drug-likeness (QED) is 0.776. The first-order valence-electron chi connectivity index (χ1n) is 9.71. The molecule has 0 spiro atoms. The number of carbonyl (C=O) groups excluding carboxylic acids is 1. The summed E-state index contributed by atoms with van der Waals surface area (Å²) in [6, 6.07) is 9.31. The molecule has 1 saturated heterocycles. The molecule has 3 rings (SSSR count). The van der Waals surface area contributed by atoms with Crippen molar-refractivity contribution in [3.63, 3.8) is 0 Å². The first-order chi connectivity index (χ1) is 13.1. The highest BCUT2D eigenvalue weighted by molar-refractivity contribution is 5.80. The van der Waals surface area contributed by atoms with Crippen LogP contribution in [0.3, 0.4) is 0 Å². The third kappa shape index (κ3) is 4.62. The van der Waals surface area contributed by atoms with Crippen molar-refractivity contribution in [1.82, 2.24) is 9.47 Å². The summed E-state index contributed by atoms with van der Waals surface area (Å²) in [4.78, 5) is 25.9. The predicted octanol–water partition coefficient (Wildman–Crippen LogP) is 3.66. The van der Waals surface area contributed by atoms with E-state index in [-0.39, 0.29) is 11.7 Å². The van der Waals surface area contributed by atoms with E-state index >= 15 is 0 Å². The zero-order valence-electron chi connectivity index (χ0n) is 16.1. The lowest BCUT2D eigenvalue weighted by Crippen LogP contribution is -2.38. The van der Waals surface area contributed by atoms with Gasteiger partial charge in [0.15, 0.2) is 0 Å². The third-order valence-electron chi connectivity index (χ3n) is 5.33. The summed E-state index contributed by atoms with van der Waals surface area (Å²) >= 11 is 0. The summed E-state index contributed by atoms with van der Waals surface area (Å²) in [7, 11) is 1.63. The van der Waals surface area contributed by atoms with Gasteiger partial charge in [0.2, 0.25) is 0 Å². The number of ether oxygens (including phenoxy) is 2. The number of pyridine rings is 1. The van der Waals surface area contributed by atoms with E-state index in [1.54, 1.807) is 18.1 Å². The van der Waals surface area contributed by atoms with Crippen molar-refractivity contribution >= 4 is 17.0 Å². The molecular formula is C21H28N2O4. The van der Waals surface area contributed by atoms with Gasteiger partial charge in [0, 0.05) is 31.8 Å². The molecule has 1 fully saturated rings. The Labute approximate surface area is 159 Å². The van der Waals surface area contributed by atoms with Crippen LogP contribution in [0.2, 0.25) is 0 Å². The Hall–Kier alpha value is -2.50. The van der Waals surface area contributed by atoms with Gasteiger partial charge in [0.25, 0.3) is 5.56 Å². The van der Waals surface area contributed by atoms with Crippen molar-refractivity contribution in [1.29, 1.82) is 0 Å². The molecule has 1 aliphatic heterocycles. The van der Waals surface area contributed by atoms with Crippen LogP contribution in [0.25, 0.3) is 10.9 Å². The minimum absolute atomic E-state index is 0.0212. The van der Waals surface area contributed by atoms with E-state index in [1.807, 2.05) is 35.8 Å². The van der Waals surface area contributed by atoms with Gasteiger partial charge in [-0.25, -0.2) is 4.79 Å². The van der Waals surface area contributed by atoms with Crippen LogP contribution in [-0.4, -0.2) is 42.4 Å². The molecule has 27 heavy (non-hydrogen) atoms. The fraction of sp³-hybridized carbons (Fsp3) is 0.524. The Kier molecular flexibility index (Phi) is 6.37. The molecule has 0 atom stereocenters. The summed E-state index contributed by atoms with van der Waals surface area (Å²) in [6.07, 6.45) is 3.80. The standard InChI is InChI=1S/C21H28N2O4/c1-3-27-21(25)22-13-10-16(11-14-22)5-4-12-23-19-15-18(26-2)8-6-17(19)7-9-20(23)24/h6-9,15-16H,3-5,10-14H2,1-2H3. The van der Waals surface area contributed by atoms with E-state index in [2.05, 4.69) is 0 Å². The van der Waals surface area contributed by atoms with E-state index in [0.717, 1.165) is 55.4 Å². The van der Waals surface area contributed by atoms with Crippen LogP contribution in [0.4, 0.5) is 4.79 Å². The number of hydrogen-bond acceptors (Lipinski definition) is 4. The Morgan fingerprint density at radius 1 is 1.19 bits per heavy atom. The Bertz CT molecular complexity index is 838. The van der Waals surface area contributed by atoms with Crippen LogP contribution in [0.1, 0.15) is 32.6 Å². The Balaban J connectivity index is 1.58. The monoisotopic (exact) mass is 372 g/mol. The number of amides is 1. The lowest BCUT2D eigenvalue weighted by atomic mass is 9.92. The van der Waals surface area contributed by atoms with Gasteiger partial charge >= 0.3 is 6.09 Å². The number of piperidine rings is 1. The molecule has 0 N–H and O–H groups in total. The molecule has 6 heteroatoms. The molecule has 1 aromatic carbocycles. The predicted molar refractivity (Wildman–Crippen MR) is 105 cm³/mol. The van der Waals surface area contributed by atoms with E-state index < -0.39 is 0 Å². The molecule has 1 amide bonds. The molecular weight excluding hydrogens is 344 g/mol. The minimum Gasteiger partial charge on any atom is -0.497 e. The van der Waals surface area contributed by atoms with Crippen LogP contribution in [0.5, 0.6) is 5.75 Å². The number of aromatic nitrogens is 1. The molecule has 0 radical (unpaired) electrons. The smallest absolute Gasteiger partial charge is 0.409 e. The number of nitrogens with zero attached hydrogens (tertiary/aromatic N) is 2. The molecule has 2 aromatic rings. The Morgan fingerprint density at radius 3 is 2.63 bits per heavy atom. The lowest BCUT2D eigenvalue weighted by molar-refractivity contribution is 0.0906. The number of carbonyl (C=O) groups is 1. The van der Waals surface area contributed by atoms with Crippen molar-refractivity contribution in [3.05, 3.63) is 40.7 Å². The second-order valence-corrected chi connectivity index (χ2v) is 7.02. The first kappa shape index (κ1) is 19.3. The van der Waals surface area contributed by atoms with Gasteiger partial charge in [-0.1, -0.05) is 0 Å². The fourth-order valence-corrected chi connectivity index (χ4v) is 3.78. The van der Waals surface area contributed by atoms with Gasteiger partial charge in [-0.15, -0.1) is 0 Å². The molecule has 146 valence electrons. The minimum atomic E-state index is -0.202. The van der Waals surface area contributed by atoms with Gasteiger partial charge in [-0.05, 0) is 62.1 Å². The average molecular weight is 372 g/mol. The zero-order valence-corrected chi connectivity index (χ0v) is 16.1. The SMILES string of the molecule is CCOC(=O)N1CCC(CCCn2c(=O)ccc3ccc(OC)cc32)CC1. The van der Waals surface area contributed by atoms with Crippen molar-refractivity contribution in [2.45, 2.75) is 39.2 Å². The van der Waals surface area contributed by atoms with Crippen molar-refractivity contribution in [2.75, 3.05) is 26.8 Å². The molecule has 0 bridgehead atoms. The number of likely N-dealkylation sites (tertiary alicyclic amines) is 1. The van der Waals surface area contributed by atoms with Crippen LogP contribution < -0.4 is 10.3 Å². The van der Waals surface area contributed by atoms with Crippen molar-refractivity contribution in [3.8, 4) is 5.75 Å². The topological polar surface area (TPSA) is 60.8 Å². The van der Waals surface area contributed by atoms with Gasteiger partial charge in [-0.3, -0.25) is 4.79 Å². The molecule has 1 aliphatic rings. The molecule has 0 aliphatic carbocycles. The van der Waals surface area contributed by atoms with Gasteiger partial charge in [-0.2, -0.15) is 0 Å². The fourth-order valence-electron chi connectivity index (χ4n) is 3.78. The zero-order chi connectivity index (χ0) is 19.2. The number of rotatable bonds is 6. The van der Waals surface area contributed by atoms with E-state index in [4.69, 9.17) is 9.47 Å². The second kappa shape index (κ2) is 8.93. The molecule has 2 heterocycles. The summed E-state index contributed by atoms with van der Waals surface area (Å²) < 4.78 is 12.2. The average Bonchev–Trinajstić information content (AvgIpc) is 2.70. The number of aryl methyl sites for hydroxylation is 1. The van der Waals surface area contributed by atoms with Gasteiger partial charge < -0.3 is 18.9 Å². The Morgan fingerprint density at radius 2 is 1.93 bits per heavy atom. The maximum absolute atomic E-state index is 12.4. The molecule has 0 unspecified atom stereocenters. The summed E-state index contributed by atoms with van der Waals surface area (Å²) in [5.74, 6) is 1.35. The van der Waals surface area contributed by atoms with Crippen LogP contribution >= 0.6 is 0 Å². The third-order valence-corrected chi connectivity index (χ3v) is 5.33.